The number of aromatic nitrogens is 1. The molecule has 3 aromatic rings. The summed E-state index contributed by atoms with van der Waals surface area (Å²) in [5, 5.41) is 5.23. The van der Waals surface area contributed by atoms with E-state index in [1.165, 1.54) is 20.4 Å². The molecular formula is C27H30Cl3FN4O4S2. The predicted molar refractivity (Wildman–Crippen MR) is 162 cm³/mol. The molecule has 4 atom stereocenters. The molecule has 0 spiro atoms. The van der Waals surface area contributed by atoms with E-state index >= 15 is 4.39 Å². The molecule has 1 aromatic heterocycles. The highest BCUT2D eigenvalue weighted by molar-refractivity contribution is 7.93. The van der Waals surface area contributed by atoms with Crippen LogP contribution in [0.4, 0.5) is 15.2 Å². The fraction of sp³-hybridized carbons (Fsp3) is 0.444. The zero-order valence-corrected chi connectivity index (χ0v) is 26.7. The summed E-state index contributed by atoms with van der Waals surface area (Å²) in [5.41, 5.74) is 0.836. The first-order valence-corrected chi connectivity index (χ1v) is 16.3. The van der Waals surface area contributed by atoms with Crippen LogP contribution in [-0.2, 0) is 16.6 Å². The lowest BCUT2D eigenvalue weighted by atomic mass is 9.89. The first-order valence-electron chi connectivity index (χ1n) is 12.8. The monoisotopic (exact) mass is 662 g/mol. The van der Waals surface area contributed by atoms with Crippen LogP contribution in [0.5, 0.6) is 11.5 Å². The molecule has 0 radical (unpaired) electrons. The van der Waals surface area contributed by atoms with Gasteiger partial charge in [-0.3, -0.25) is 0 Å². The smallest absolute Gasteiger partial charge is 0.269 e. The van der Waals surface area contributed by atoms with E-state index in [0.717, 1.165) is 34.2 Å². The first kappa shape index (κ1) is 30.4. The van der Waals surface area contributed by atoms with Gasteiger partial charge in [-0.05, 0) is 63.0 Å². The number of fused-ring (bicyclic) bond motifs is 1. The van der Waals surface area contributed by atoms with Gasteiger partial charge >= 0.3 is 0 Å². The van der Waals surface area contributed by atoms with Crippen LogP contribution in [0, 0.1) is 17.7 Å². The molecule has 1 N–H and O–H groups in total. The number of hydrogen-bond acceptors (Lipinski definition) is 8. The summed E-state index contributed by atoms with van der Waals surface area (Å²) >= 11 is 20.7. The van der Waals surface area contributed by atoms with Crippen LogP contribution < -0.4 is 19.1 Å². The van der Waals surface area contributed by atoms with Crippen molar-refractivity contribution in [3.8, 4) is 11.5 Å². The van der Waals surface area contributed by atoms with Gasteiger partial charge in [-0.25, -0.2) is 22.1 Å². The minimum Gasteiger partial charge on any atom is -0.497 e. The Bertz CT molecular complexity index is 1520. The van der Waals surface area contributed by atoms with Crippen molar-refractivity contribution >= 4 is 67.0 Å². The number of ether oxygens (including phenoxy) is 2. The predicted octanol–water partition coefficient (Wildman–Crippen LogP) is 6.27. The molecule has 14 heteroatoms. The highest BCUT2D eigenvalue weighted by atomic mass is 35.5. The lowest BCUT2D eigenvalue weighted by Gasteiger charge is -2.36. The molecule has 2 aromatic carbocycles. The Morgan fingerprint density at radius 2 is 1.88 bits per heavy atom. The molecule has 0 amide bonds. The van der Waals surface area contributed by atoms with Crippen molar-refractivity contribution in [1.29, 1.82) is 0 Å². The zero-order valence-electron chi connectivity index (χ0n) is 22.8. The Balaban J connectivity index is 1.46. The molecule has 2 aliphatic carbocycles. The van der Waals surface area contributed by atoms with Crippen LogP contribution >= 0.6 is 46.1 Å². The Hall–Kier alpha value is -2.02. The molecule has 5 rings (SSSR count). The lowest BCUT2D eigenvalue weighted by Crippen LogP contribution is -2.46. The van der Waals surface area contributed by atoms with Crippen molar-refractivity contribution in [2.45, 2.75) is 40.7 Å². The van der Waals surface area contributed by atoms with Crippen molar-refractivity contribution in [2.24, 2.45) is 11.8 Å². The van der Waals surface area contributed by atoms with Crippen LogP contribution in [0.2, 0.25) is 5.02 Å². The molecule has 2 aliphatic rings. The van der Waals surface area contributed by atoms with E-state index in [2.05, 4.69) is 15.2 Å². The maximum Gasteiger partial charge on any atom is 0.269 e. The van der Waals surface area contributed by atoms with Gasteiger partial charge in [0.2, 0.25) is 0 Å². The number of halogens is 4. The highest BCUT2D eigenvalue weighted by Crippen LogP contribution is 2.65. The number of sulfonamides is 1. The second-order valence-electron chi connectivity index (χ2n) is 10.4. The fourth-order valence-electron chi connectivity index (χ4n) is 5.57. The van der Waals surface area contributed by atoms with Crippen molar-refractivity contribution in [3.05, 3.63) is 58.3 Å². The first-order chi connectivity index (χ1) is 19.4. The van der Waals surface area contributed by atoms with Gasteiger partial charge in [0, 0.05) is 35.3 Å². The standard InChI is InChI=1S/C27H30Cl3FN4O4S2/c1-34(2)23-11-18-17(27(18,29)30)10-22(23)33-21-13-20(31)25(12-19(21)28)41(36,37)35(26-32-7-8-40-26)14-15-5-6-16(38-3)9-24(15)39-4/h5-9,12-13,17-18,22-23,33H,10-11,14H2,1-4H3/t17-,18?,22+,23?/m1/s1. The SMILES string of the molecule is COc1ccc(CN(c2nccs2)S(=O)(=O)c2cc(Cl)c(N[C@H]3C[C@@H]4C(CC3N(C)C)C4(Cl)Cl)cc2F)c(OC)c1. The van der Waals surface area contributed by atoms with Gasteiger partial charge in [-0.1, -0.05) is 11.6 Å². The van der Waals surface area contributed by atoms with E-state index < -0.39 is 25.1 Å². The second kappa shape index (κ2) is 11.6. The summed E-state index contributed by atoms with van der Waals surface area (Å²) in [7, 11) is 2.49. The zero-order chi connectivity index (χ0) is 29.7. The lowest BCUT2D eigenvalue weighted by molar-refractivity contribution is 0.204. The normalized spacial score (nSPS) is 23.1. The van der Waals surface area contributed by atoms with E-state index in [4.69, 9.17) is 44.3 Å². The van der Waals surface area contributed by atoms with E-state index in [-0.39, 0.29) is 40.6 Å². The molecule has 0 saturated heterocycles. The number of likely N-dealkylation sites (N-methyl/N-ethyl adjacent to an activating group) is 1. The number of benzene rings is 2. The largest absolute Gasteiger partial charge is 0.497 e. The molecule has 41 heavy (non-hydrogen) atoms. The summed E-state index contributed by atoms with van der Waals surface area (Å²) in [6.45, 7) is -0.159. The van der Waals surface area contributed by atoms with E-state index in [1.807, 2.05) is 14.1 Å². The number of hydrogen-bond donors (Lipinski definition) is 1. The molecule has 0 bridgehead atoms. The van der Waals surface area contributed by atoms with Gasteiger partial charge < -0.3 is 19.7 Å². The number of methoxy groups -OCH3 is 2. The van der Waals surface area contributed by atoms with Crippen molar-refractivity contribution < 1.29 is 22.3 Å². The van der Waals surface area contributed by atoms with Crippen molar-refractivity contribution in [3.63, 3.8) is 0 Å². The summed E-state index contributed by atoms with van der Waals surface area (Å²) in [5.74, 6) is 0.356. The van der Waals surface area contributed by atoms with Crippen molar-refractivity contribution in [2.75, 3.05) is 37.9 Å². The van der Waals surface area contributed by atoms with Crippen LogP contribution in [0.3, 0.4) is 0 Å². The quantitative estimate of drug-likeness (QED) is 0.256. The Morgan fingerprint density at radius 3 is 2.51 bits per heavy atom. The minimum absolute atomic E-state index is 0.0736. The molecule has 2 saturated carbocycles. The molecule has 2 unspecified atom stereocenters. The molecule has 0 aliphatic heterocycles. The van der Waals surface area contributed by atoms with Crippen LogP contribution in [0.25, 0.3) is 0 Å². The topological polar surface area (TPSA) is 84.0 Å². The maximum atomic E-state index is 15.7. The van der Waals surface area contributed by atoms with E-state index in [1.54, 1.807) is 23.6 Å². The minimum atomic E-state index is -4.44. The summed E-state index contributed by atoms with van der Waals surface area (Å²) in [6.07, 6.45) is 2.95. The molecule has 222 valence electrons. The van der Waals surface area contributed by atoms with E-state index in [0.29, 0.717) is 29.2 Å². The number of thiazole rings is 1. The Labute approximate surface area is 258 Å². The maximum absolute atomic E-state index is 15.7. The summed E-state index contributed by atoms with van der Waals surface area (Å²) < 4.78 is 54.6. The number of rotatable bonds is 10. The number of alkyl halides is 2. The Kier molecular flexibility index (Phi) is 8.59. The molecular weight excluding hydrogens is 634 g/mol. The van der Waals surface area contributed by atoms with Gasteiger partial charge in [0.1, 0.15) is 26.5 Å². The van der Waals surface area contributed by atoms with Gasteiger partial charge in [0.15, 0.2) is 5.13 Å². The number of anilines is 2. The van der Waals surface area contributed by atoms with Gasteiger partial charge in [0.05, 0.1) is 31.5 Å². The van der Waals surface area contributed by atoms with Crippen LogP contribution in [0.15, 0.2) is 46.8 Å². The number of nitrogens with zero attached hydrogens (tertiary/aromatic N) is 3. The third-order valence-electron chi connectivity index (χ3n) is 7.87. The molecule has 2 fully saturated rings. The van der Waals surface area contributed by atoms with Crippen molar-refractivity contribution in [1.82, 2.24) is 9.88 Å². The third-order valence-corrected chi connectivity index (χ3v) is 12.0. The summed E-state index contributed by atoms with van der Waals surface area (Å²) in [6, 6.07) is 7.27. The summed E-state index contributed by atoms with van der Waals surface area (Å²) in [4.78, 5) is 5.71. The average Bonchev–Trinajstić information content (AvgIpc) is 3.24. The van der Waals surface area contributed by atoms with Crippen LogP contribution in [-0.4, -0.2) is 63.0 Å². The van der Waals surface area contributed by atoms with Gasteiger partial charge in [-0.15, -0.1) is 34.5 Å². The number of nitrogens with one attached hydrogen (secondary N) is 1. The fourth-order valence-corrected chi connectivity index (χ4v) is 9.04. The van der Waals surface area contributed by atoms with Gasteiger partial charge in [-0.2, -0.15) is 0 Å². The highest BCUT2D eigenvalue weighted by Gasteiger charge is 2.66. The molecule has 8 nitrogen and oxygen atoms in total. The second-order valence-corrected chi connectivity index (χ2v) is 15.0. The average molecular weight is 664 g/mol. The van der Waals surface area contributed by atoms with Crippen LogP contribution in [0.1, 0.15) is 18.4 Å². The van der Waals surface area contributed by atoms with E-state index in [9.17, 15) is 8.42 Å². The molecule has 1 heterocycles. The Morgan fingerprint density at radius 1 is 1.15 bits per heavy atom. The van der Waals surface area contributed by atoms with Gasteiger partial charge in [0.25, 0.3) is 10.0 Å². The third kappa shape index (κ3) is 5.81.